The Morgan fingerprint density at radius 1 is 1.48 bits per heavy atom. The van der Waals surface area contributed by atoms with Crippen LogP contribution in [0, 0.1) is 11.6 Å². The number of hydrogen-bond donors (Lipinski definition) is 4. The van der Waals surface area contributed by atoms with Crippen LogP contribution in [0.5, 0.6) is 0 Å². The van der Waals surface area contributed by atoms with Gasteiger partial charge in [0.1, 0.15) is 17.7 Å². The predicted molar refractivity (Wildman–Crippen MR) is 88.5 cm³/mol. The number of aromatic nitrogens is 1. The molecule has 3 rings (SSSR count). The minimum absolute atomic E-state index is 0.0855. The van der Waals surface area contributed by atoms with Gasteiger partial charge in [-0.05, 0) is 12.3 Å². The number of pyridine rings is 1. The van der Waals surface area contributed by atoms with E-state index in [1.807, 2.05) is 6.08 Å². The van der Waals surface area contributed by atoms with Gasteiger partial charge in [-0.15, -0.1) is 0 Å². The molecule has 0 radical (unpaired) electrons. The lowest BCUT2D eigenvalue weighted by Gasteiger charge is -2.23. The summed E-state index contributed by atoms with van der Waals surface area (Å²) >= 11 is 0. The molecule has 1 aliphatic heterocycles. The van der Waals surface area contributed by atoms with Gasteiger partial charge in [0.2, 0.25) is 5.43 Å². The summed E-state index contributed by atoms with van der Waals surface area (Å²) in [5.74, 6) is -2.68. The van der Waals surface area contributed by atoms with Gasteiger partial charge in [-0.3, -0.25) is 20.2 Å². The van der Waals surface area contributed by atoms with Gasteiger partial charge >= 0.3 is 0 Å². The average molecular weight is 349 g/mol. The summed E-state index contributed by atoms with van der Waals surface area (Å²) in [5, 5.41) is 8.70. The number of benzene rings is 1. The minimum Gasteiger partial charge on any atom is -0.365 e. The van der Waals surface area contributed by atoms with Crippen LogP contribution in [0.15, 0.2) is 29.3 Å². The van der Waals surface area contributed by atoms with Gasteiger partial charge in [0.05, 0.1) is 10.9 Å². The van der Waals surface area contributed by atoms with Crippen molar-refractivity contribution >= 4 is 16.8 Å². The number of halogens is 2. The molecule has 7 nitrogen and oxygen atoms in total. The van der Waals surface area contributed by atoms with Crippen LogP contribution in [0.2, 0.25) is 0 Å². The zero-order chi connectivity index (χ0) is 18.1. The predicted octanol–water partition coefficient (Wildman–Crippen LogP) is -0.00470. The first kappa shape index (κ1) is 17.1. The van der Waals surface area contributed by atoms with E-state index in [-0.39, 0.29) is 34.9 Å². The van der Waals surface area contributed by atoms with Gasteiger partial charge in [-0.1, -0.05) is 6.08 Å². The normalized spacial score (nSPS) is 16.8. The highest BCUT2D eigenvalue weighted by atomic mass is 19.1. The van der Waals surface area contributed by atoms with Crippen LogP contribution in [0.1, 0.15) is 15.9 Å². The van der Waals surface area contributed by atoms with Crippen LogP contribution in [0.3, 0.4) is 0 Å². The van der Waals surface area contributed by atoms with Gasteiger partial charge in [-0.25, -0.2) is 8.78 Å². The van der Waals surface area contributed by atoms with Crippen molar-refractivity contribution in [3.8, 4) is 0 Å². The molecule has 5 N–H and O–H groups in total. The Morgan fingerprint density at radius 2 is 2.24 bits per heavy atom. The van der Waals surface area contributed by atoms with Gasteiger partial charge in [-0.2, -0.15) is 0 Å². The first-order chi connectivity index (χ1) is 11.9. The van der Waals surface area contributed by atoms with Gasteiger partial charge in [0.15, 0.2) is 5.82 Å². The van der Waals surface area contributed by atoms with Crippen molar-refractivity contribution in [3.63, 3.8) is 0 Å². The number of hydrogen-bond acceptors (Lipinski definition) is 5. The summed E-state index contributed by atoms with van der Waals surface area (Å²) in [4.78, 5) is 23.6. The largest absolute Gasteiger partial charge is 0.365 e. The Kier molecular flexibility index (Phi) is 4.51. The van der Waals surface area contributed by atoms with Crippen LogP contribution < -0.4 is 27.1 Å². The number of primary amides is 1. The average Bonchev–Trinajstić information content (AvgIpc) is 2.58. The lowest BCUT2D eigenvalue weighted by molar-refractivity contribution is 0.0999. The third-order valence-corrected chi connectivity index (χ3v) is 4.02. The number of nitrogens with two attached hydrogens (primary N) is 1. The second kappa shape index (κ2) is 6.61. The number of fused-ring (bicyclic) bond motifs is 1. The second-order valence-corrected chi connectivity index (χ2v) is 5.69. The number of rotatable bonds is 4. The molecule has 2 heterocycles. The molecule has 0 saturated heterocycles. The molecule has 0 fully saturated rings. The maximum Gasteiger partial charge on any atom is 0.254 e. The summed E-state index contributed by atoms with van der Waals surface area (Å²) in [6, 6.07) is 0.936. The van der Waals surface area contributed by atoms with E-state index in [9.17, 15) is 18.4 Å². The number of aryl methyl sites for hydroxylation is 1. The first-order valence-electron chi connectivity index (χ1n) is 7.58. The second-order valence-electron chi connectivity index (χ2n) is 5.69. The van der Waals surface area contributed by atoms with E-state index in [4.69, 9.17) is 5.73 Å². The molecule has 0 saturated carbocycles. The van der Waals surface area contributed by atoms with E-state index in [1.165, 1.54) is 11.6 Å². The summed E-state index contributed by atoms with van der Waals surface area (Å²) < 4.78 is 30.5. The molecule has 1 aromatic carbocycles. The van der Waals surface area contributed by atoms with Crippen molar-refractivity contribution in [1.29, 1.82) is 0 Å². The monoisotopic (exact) mass is 349 g/mol. The Balaban J connectivity index is 2.05. The molecule has 1 aliphatic rings. The van der Waals surface area contributed by atoms with Gasteiger partial charge < -0.3 is 15.6 Å². The third kappa shape index (κ3) is 3.11. The molecular formula is C16H17F2N5O2. The molecule has 1 aromatic heterocycles. The van der Waals surface area contributed by atoms with E-state index in [1.54, 1.807) is 6.20 Å². The van der Waals surface area contributed by atoms with Crippen molar-refractivity contribution < 1.29 is 13.6 Å². The first-order valence-corrected chi connectivity index (χ1v) is 7.58. The maximum absolute atomic E-state index is 14.8. The molecule has 0 aliphatic carbocycles. The SMILES string of the molecule is Cn1cc(C(N)=O)c(=O)c2cc(F)c(CNC3NC=CCN3)c(F)c21. The molecule has 0 spiro atoms. The summed E-state index contributed by atoms with van der Waals surface area (Å²) in [5.41, 5.74) is 3.74. The molecule has 132 valence electrons. The Hall–Kier alpha value is -2.78. The number of amides is 1. The molecule has 1 unspecified atom stereocenters. The molecular weight excluding hydrogens is 332 g/mol. The van der Waals surface area contributed by atoms with E-state index in [2.05, 4.69) is 16.0 Å². The van der Waals surface area contributed by atoms with Crippen LogP contribution in [-0.4, -0.2) is 23.3 Å². The van der Waals surface area contributed by atoms with E-state index in [0.717, 1.165) is 12.3 Å². The van der Waals surface area contributed by atoms with E-state index >= 15 is 0 Å². The molecule has 9 heteroatoms. The molecule has 2 aromatic rings. The summed E-state index contributed by atoms with van der Waals surface area (Å²) in [7, 11) is 1.46. The fraction of sp³-hybridized carbons (Fsp3) is 0.250. The smallest absolute Gasteiger partial charge is 0.254 e. The van der Waals surface area contributed by atoms with Crippen LogP contribution in [-0.2, 0) is 13.6 Å². The third-order valence-electron chi connectivity index (χ3n) is 4.02. The lowest BCUT2D eigenvalue weighted by atomic mass is 10.1. The number of nitrogens with one attached hydrogen (secondary N) is 3. The standard InChI is InChI=1S/C16H17F2N5O2/c1-23-7-10(15(19)25)14(24)8-5-11(17)9(12(18)13(8)23)6-22-16-20-3-2-4-21-16/h2-3,5,7,16,20-22H,4,6H2,1H3,(H2,19,25). The molecule has 1 amide bonds. The van der Waals surface area contributed by atoms with Gasteiger partial charge in [0, 0.05) is 31.9 Å². The number of carbonyl (C=O) groups excluding carboxylic acids is 1. The fourth-order valence-corrected chi connectivity index (χ4v) is 2.77. The Bertz CT molecular complexity index is 938. The van der Waals surface area contributed by atoms with Crippen LogP contribution in [0.25, 0.3) is 10.9 Å². The highest BCUT2D eigenvalue weighted by Crippen LogP contribution is 2.22. The van der Waals surface area contributed by atoms with E-state index in [0.29, 0.717) is 6.54 Å². The number of nitrogens with zero attached hydrogens (tertiary/aromatic N) is 1. The highest BCUT2D eigenvalue weighted by Gasteiger charge is 2.21. The Morgan fingerprint density at radius 3 is 2.88 bits per heavy atom. The zero-order valence-electron chi connectivity index (χ0n) is 13.4. The Labute approximate surface area is 141 Å². The lowest BCUT2D eigenvalue weighted by Crippen LogP contribution is -2.52. The maximum atomic E-state index is 14.8. The summed E-state index contributed by atoms with van der Waals surface area (Å²) in [6.45, 7) is 0.523. The number of carbonyl (C=O) groups is 1. The zero-order valence-corrected chi connectivity index (χ0v) is 13.4. The van der Waals surface area contributed by atoms with Crippen LogP contribution in [0.4, 0.5) is 8.78 Å². The summed E-state index contributed by atoms with van der Waals surface area (Å²) in [6.07, 6.45) is 4.42. The van der Waals surface area contributed by atoms with Crippen molar-refractivity contribution in [2.75, 3.05) is 6.54 Å². The van der Waals surface area contributed by atoms with Crippen molar-refractivity contribution in [2.45, 2.75) is 12.8 Å². The topological polar surface area (TPSA) is 101 Å². The highest BCUT2D eigenvalue weighted by molar-refractivity contribution is 5.96. The van der Waals surface area contributed by atoms with Gasteiger partial charge in [0.25, 0.3) is 5.91 Å². The van der Waals surface area contributed by atoms with E-state index < -0.39 is 23.0 Å². The molecule has 0 bridgehead atoms. The molecule has 25 heavy (non-hydrogen) atoms. The molecule has 1 atom stereocenters. The quantitative estimate of drug-likeness (QED) is 0.622. The van der Waals surface area contributed by atoms with Crippen molar-refractivity contribution in [2.24, 2.45) is 12.8 Å². The van der Waals surface area contributed by atoms with Crippen molar-refractivity contribution in [3.05, 3.63) is 57.5 Å². The fourth-order valence-electron chi connectivity index (χ4n) is 2.77. The van der Waals surface area contributed by atoms with Crippen LogP contribution >= 0.6 is 0 Å². The van der Waals surface area contributed by atoms with Crippen molar-refractivity contribution in [1.82, 2.24) is 20.5 Å². The minimum atomic E-state index is -0.948.